The molecule has 0 spiro atoms. The molecule has 5 nitrogen and oxygen atoms in total. The molecule has 23 heavy (non-hydrogen) atoms. The van der Waals surface area contributed by atoms with Gasteiger partial charge in [-0.05, 0) is 37.1 Å². The maximum atomic E-state index is 12.9. The van der Waals surface area contributed by atoms with Crippen molar-refractivity contribution in [3.05, 3.63) is 29.3 Å². The Morgan fingerprint density at radius 2 is 2.04 bits per heavy atom. The summed E-state index contributed by atoms with van der Waals surface area (Å²) in [7, 11) is -4.02. The first-order valence-electron chi connectivity index (χ1n) is 6.51. The van der Waals surface area contributed by atoms with Crippen molar-refractivity contribution in [2.24, 2.45) is 11.7 Å². The maximum Gasteiger partial charge on any atom is 0.417 e. The van der Waals surface area contributed by atoms with Crippen molar-refractivity contribution in [1.82, 2.24) is 4.31 Å². The summed E-state index contributed by atoms with van der Waals surface area (Å²) in [6, 6.07) is 3.85. The van der Waals surface area contributed by atoms with E-state index in [9.17, 15) is 21.6 Å². The number of sulfonamides is 1. The quantitative estimate of drug-likeness (QED) is 0.882. The van der Waals surface area contributed by atoms with Crippen LogP contribution in [0.5, 0.6) is 0 Å². The van der Waals surface area contributed by atoms with Crippen LogP contribution in [0.2, 0.25) is 0 Å². The monoisotopic (exact) mass is 369 g/mol. The molecular weight excluding hydrogens is 355 g/mol. The van der Waals surface area contributed by atoms with Gasteiger partial charge in [0.2, 0.25) is 10.0 Å². The molecular formula is C13H15ClF3N3O2S. The zero-order chi connectivity index (χ0) is 16.5. The number of rotatable bonds is 3. The van der Waals surface area contributed by atoms with Gasteiger partial charge in [-0.25, -0.2) is 8.42 Å². The van der Waals surface area contributed by atoms with Crippen molar-refractivity contribution < 1.29 is 21.6 Å². The van der Waals surface area contributed by atoms with Crippen LogP contribution in [-0.2, 0) is 16.2 Å². The largest absolute Gasteiger partial charge is 0.417 e. The van der Waals surface area contributed by atoms with Crippen molar-refractivity contribution in [2.75, 3.05) is 19.6 Å². The standard InChI is InChI=1S/C13H14F3N3O2S.ClH/c14-13(15,16)12-5-11(2-1-10(12)7-18)22(20,21)19-4-3-9(6-17)8-19;/h1-2,5,9H,3-4,6,8,17H2;1H. The van der Waals surface area contributed by atoms with E-state index in [1.807, 2.05) is 0 Å². The van der Waals surface area contributed by atoms with Gasteiger partial charge in [0.1, 0.15) is 0 Å². The van der Waals surface area contributed by atoms with Crippen LogP contribution in [0, 0.1) is 17.2 Å². The number of hydrogen-bond acceptors (Lipinski definition) is 4. The van der Waals surface area contributed by atoms with Gasteiger partial charge >= 0.3 is 6.18 Å². The highest BCUT2D eigenvalue weighted by Crippen LogP contribution is 2.34. The van der Waals surface area contributed by atoms with E-state index in [0.29, 0.717) is 19.0 Å². The highest BCUT2D eigenvalue weighted by atomic mass is 35.5. The number of benzene rings is 1. The lowest BCUT2D eigenvalue weighted by atomic mass is 10.1. The molecule has 0 saturated carbocycles. The fourth-order valence-corrected chi connectivity index (χ4v) is 3.93. The minimum absolute atomic E-state index is 0. The van der Waals surface area contributed by atoms with Crippen LogP contribution < -0.4 is 5.73 Å². The molecule has 0 aliphatic carbocycles. The minimum atomic E-state index is -4.79. The lowest BCUT2D eigenvalue weighted by Crippen LogP contribution is -2.30. The Bertz CT molecular complexity index is 716. The van der Waals surface area contributed by atoms with E-state index in [-0.39, 0.29) is 31.4 Å². The molecule has 2 N–H and O–H groups in total. The molecule has 0 radical (unpaired) electrons. The van der Waals surface area contributed by atoms with Crippen LogP contribution in [0.3, 0.4) is 0 Å². The molecule has 1 atom stereocenters. The second-order valence-corrected chi connectivity index (χ2v) is 7.01. The lowest BCUT2D eigenvalue weighted by molar-refractivity contribution is -0.137. The van der Waals surface area contributed by atoms with Crippen LogP contribution in [0.15, 0.2) is 23.1 Å². The molecule has 0 amide bonds. The molecule has 1 heterocycles. The molecule has 0 aromatic heterocycles. The Hall–Kier alpha value is -1.34. The molecule has 0 bridgehead atoms. The third kappa shape index (κ3) is 3.95. The molecule has 1 fully saturated rings. The number of alkyl halides is 3. The average Bonchev–Trinajstić information content (AvgIpc) is 2.95. The summed E-state index contributed by atoms with van der Waals surface area (Å²) in [5, 5.41) is 8.73. The molecule has 1 aromatic rings. The van der Waals surface area contributed by atoms with Gasteiger partial charge in [-0.3, -0.25) is 0 Å². The van der Waals surface area contributed by atoms with Crippen LogP contribution in [0.4, 0.5) is 13.2 Å². The molecule has 1 saturated heterocycles. The lowest BCUT2D eigenvalue weighted by Gasteiger charge is -2.18. The fraction of sp³-hybridized carbons (Fsp3) is 0.462. The van der Waals surface area contributed by atoms with Crippen molar-refractivity contribution in [3.8, 4) is 6.07 Å². The van der Waals surface area contributed by atoms with E-state index < -0.39 is 32.2 Å². The molecule has 128 valence electrons. The van der Waals surface area contributed by atoms with Gasteiger partial charge in [0.15, 0.2) is 0 Å². The first-order chi connectivity index (χ1) is 10.2. The fourth-order valence-electron chi connectivity index (χ4n) is 2.37. The van der Waals surface area contributed by atoms with E-state index in [1.54, 1.807) is 0 Å². The molecule has 1 aliphatic heterocycles. The predicted molar refractivity (Wildman–Crippen MR) is 79.3 cm³/mol. The Labute approximate surface area is 138 Å². The topological polar surface area (TPSA) is 87.2 Å². The second-order valence-electron chi connectivity index (χ2n) is 5.07. The number of nitrogens with zero attached hydrogens (tertiary/aromatic N) is 2. The highest BCUT2D eigenvalue weighted by molar-refractivity contribution is 7.89. The molecule has 1 aliphatic rings. The number of nitrogens with two attached hydrogens (primary N) is 1. The van der Waals surface area contributed by atoms with E-state index in [1.165, 1.54) is 6.07 Å². The zero-order valence-electron chi connectivity index (χ0n) is 11.9. The van der Waals surface area contributed by atoms with Crippen LogP contribution in [-0.4, -0.2) is 32.4 Å². The van der Waals surface area contributed by atoms with Crippen molar-refractivity contribution in [3.63, 3.8) is 0 Å². The van der Waals surface area contributed by atoms with Gasteiger partial charge in [0.25, 0.3) is 0 Å². The summed E-state index contributed by atoms with van der Waals surface area (Å²) in [6.07, 6.45) is -4.21. The van der Waals surface area contributed by atoms with E-state index in [2.05, 4.69) is 0 Å². The highest BCUT2D eigenvalue weighted by Gasteiger charge is 2.37. The molecule has 10 heteroatoms. The van der Waals surface area contributed by atoms with Crippen LogP contribution >= 0.6 is 12.4 Å². The summed E-state index contributed by atoms with van der Waals surface area (Å²) in [5.74, 6) is 0.00948. The smallest absolute Gasteiger partial charge is 0.330 e. The first-order valence-corrected chi connectivity index (χ1v) is 7.95. The van der Waals surface area contributed by atoms with Crippen molar-refractivity contribution in [2.45, 2.75) is 17.5 Å². The first kappa shape index (κ1) is 19.7. The predicted octanol–water partition coefficient (Wildman–Crippen LogP) is 1.97. The summed E-state index contributed by atoms with van der Waals surface area (Å²) in [6.45, 7) is 0.749. The number of hydrogen-bond donors (Lipinski definition) is 1. The van der Waals surface area contributed by atoms with Gasteiger partial charge < -0.3 is 5.73 Å². The Morgan fingerprint density at radius 1 is 1.39 bits per heavy atom. The molecule has 1 unspecified atom stereocenters. The van der Waals surface area contributed by atoms with Crippen molar-refractivity contribution >= 4 is 22.4 Å². The SMILES string of the molecule is Cl.N#Cc1ccc(S(=O)(=O)N2CCC(CN)C2)cc1C(F)(F)F. The summed E-state index contributed by atoms with van der Waals surface area (Å²) in [5.41, 5.74) is 3.64. The van der Waals surface area contributed by atoms with Gasteiger partial charge in [-0.2, -0.15) is 22.7 Å². The van der Waals surface area contributed by atoms with Crippen molar-refractivity contribution in [1.29, 1.82) is 5.26 Å². The summed E-state index contributed by atoms with van der Waals surface area (Å²) >= 11 is 0. The number of nitriles is 1. The second kappa shape index (κ2) is 7.05. The van der Waals surface area contributed by atoms with E-state index >= 15 is 0 Å². The Morgan fingerprint density at radius 3 is 2.52 bits per heavy atom. The van der Waals surface area contributed by atoms with Crippen LogP contribution in [0.1, 0.15) is 17.5 Å². The maximum absolute atomic E-state index is 12.9. The zero-order valence-corrected chi connectivity index (χ0v) is 13.5. The summed E-state index contributed by atoms with van der Waals surface area (Å²) < 4.78 is 64.7. The average molecular weight is 370 g/mol. The van der Waals surface area contributed by atoms with Gasteiger partial charge in [0, 0.05) is 13.1 Å². The molecule has 1 aromatic carbocycles. The minimum Gasteiger partial charge on any atom is -0.330 e. The van der Waals surface area contributed by atoms with Gasteiger partial charge in [0.05, 0.1) is 22.1 Å². The molecule has 2 rings (SSSR count). The van der Waals surface area contributed by atoms with E-state index in [0.717, 1.165) is 16.4 Å². The third-order valence-electron chi connectivity index (χ3n) is 3.64. The summed E-state index contributed by atoms with van der Waals surface area (Å²) in [4.78, 5) is -0.462. The van der Waals surface area contributed by atoms with Gasteiger partial charge in [-0.1, -0.05) is 0 Å². The Kier molecular flexibility index (Phi) is 6.04. The Balaban J connectivity index is 0.00000264. The normalized spacial score (nSPS) is 19.2. The van der Waals surface area contributed by atoms with Gasteiger partial charge in [-0.15, -0.1) is 12.4 Å². The van der Waals surface area contributed by atoms with E-state index in [4.69, 9.17) is 11.0 Å². The number of halogens is 4. The third-order valence-corrected chi connectivity index (χ3v) is 5.50. The van der Waals surface area contributed by atoms with Crippen LogP contribution in [0.25, 0.3) is 0 Å².